The summed E-state index contributed by atoms with van der Waals surface area (Å²) in [5, 5.41) is 3.00. The van der Waals surface area contributed by atoms with Crippen molar-refractivity contribution in [1.82, 2.24) is 20.2 Å². The summed E-state index contributed by atoms with van der Waals surface area (Å²) in [5.41, 5.74) is 2.09. The molecular weight excluding hydrogens is 336 g/mol. The quantitative estimate of drug-likeness (QED) is 0.770. The average Bonchev–Trinajstić information content (AvgIpc) is 3.16. The van der Waals surface area contributed by atoms with Crippen LogP contribution in [0.25, 0.3) is 6.08 Å². The van der Waals surface area contributed by atoms with E-state index in [2.05, 4.69) is 39.2 Å². The Labute approximate surface area is 160 Å². The zero-order valence-corrected chi connectivity index (χ0v) is 15.7. The van der Waals surface area contributed by atoms with Crippen LogP contribution in [0.1, 0.15) is 30.6 Å². The Morgan fingerprint density at radius 2 is 2.11 bits per heavy atom. The Morgan fingerprint density at radius 1 is 1.26 bits per heavy atom. The summed E-state index contributed by atoms with van der Waals surface area (Å²) in [6, 6.07) is 10.3. The van der Waals surface area contributed by atoms with Crippen molar-refractivity contribution in [1.29, 1.82) is 0 Å². The first-order chi connectivity index (χ1) is 13.2. The number of rotatable bonds is 7. The van der Waals surface area contributed by atoms with Crippen LogP contribution in [0.2, 0.25) is 0 Å². The lowest BCUT2D eigenvalue weighted by Gasteiger charge is -2.26. The number of nitrogens with zero attached hydrogens (tertiary/aromatic N) is 3. The van der Waals surface area contributed by atoms with Gasteiger partial charge in [-0.1, -0.05) is 12.1 Å². The van der Waals surface area contributed by atoms with Crippen LogP contribution in [0, 0.1) is 17.8 Å². The normalized spacial score (nSPS) is 25.3. The summed E-state index contributed by atoms with van der Waals surface area (Å²) in [4.78, 5) is 23.0. The zero-order chi connectivity index (χ0) is 18.6. The minimum Gasteiger partial charge on any atom is -0.353 e. The maximum atomic E-state index is 11.9. The highest BCUT2D eigenvalue weighted by molar-refractivity contribution is 5.91. The number of amides is 1. The van der Waals surface area contributed by atoms with Gasteiger partial charge in [0.25, 0.3) is 0 Å². The number of carbonyl (C=O) groups excluding carboxylic acids is 1. The first kappa shape index (κ1) is 17.9. The lowest BCUT2D eigenvalue weighted by atomic mass is 10.1. The van der Waals surface area contributed by atoms with E-state index >= 15 is 0 Å². The highest BCUT2D eigenvalue weighted by Gasteiger charge is 2.55. The molecule has 2 aromatic heterocycles. The molecule has 0 bridgehead atoms. The van der Waals surface area contributed by atoms with Gasteiger partial charge in [0, 0.05) is 50.3 Å². The summed E-state index contributed by atoms with van der Waals surface area (Å²) < 4.78 is 0. The second kappa shape index (κ2) is 8.01. The van der Waals surface area contributed by atoms with Crippen LogP contribution >= 0.6 is 0 Å². The molecule has 3 heterocycles. The highest BCUT2D eigenvalue weighted by atomic mass is 16.1. The third-order valence-electron chi connectivity index (χ3n) is 5.95. The van der Waals surface area contributed by atoms with E-state index in [0.717, 1.165) is 55.1 Å². The second-order valence-corrected chi connectivity index (χ2v) is 7.58. The molecule has 140 valence electrons. The van der Waals surface area contributed by atoms with E-state index in [1.54, 1.807) is 24.5 Å². The van der Waals surface area contributed by atoms with E-state index in [9.17, 15) is 4.79 Å². The summed E-state index contributed by atoms with van der Waals surface area (Å²) >= 11 is 0. The van der Waals surface area contributed by atoms with Gasteiger partial charge in [0.1, 0.15) is 0 Å². The zero-order valence-electron chi connectivity index (χ0n) is 15.7. The monoisotopic (exact) mass is 362 g/mol. The minimum atomic E-state index is -0.0323. The molecule has 4 atom stereocenters. The minimum absolute atomic E-state index is 0.0323. The summed E-state index contributed by atoms with van der Waals surface area (Å²) in [5.74, 6) is 2.31. The Bertz CT molecular complexity index is 780. The van der Waals surface area contributed by atoms with Crippen molar-refractivity contribution in [2.75, 3.05) is 19.6 Å². The first-order valence-electron chi connectivity index (χ1n) is 9.73. The first-order valence-corrected chi connectivity index (χ1v) is 9.73. The fraction of sp³-hybridized carbons (Fsp3) is 0.409. The molecule has 4 rings (SSSR count). The molecule has 1 saturated carbocycles. The van der Waals surface area contributed by atoms with E-state index in [-0.39, 0.29) is 5.91 Å². The van der Waals surface area contributed by atoms with E-state index in [1.807, 2.05) is 24.4 Å². The predicted octanol–water partition coefficient (Wildman–Crippen LogP) is 2.94. The van der Waals surface area contributed by atoms with Gasteiger partial charge in [-0.25, -0.2) is 0 Å². The number of hydrogen-bond acceptors (Lipinski definition) is 4. The highest BCUT2D eigenvalue weighted by Crippen LogP contribution is 2.54. The van der Waals surface area contributed by atoms with Gasteiger partial charge in [-0.15, -0.1) is 0 Å². The van der Waals surface area contributed by atoms with Gasteiger partial charge in [0.15, 0.2) is 0 Å². The molecule has 0 spiro atoms. The number of likely N-dealkylation sites (tertiary alicyclic amines) is 1. The number of nitrogens with one attached hydrogen (secondary N) is 1. The predicted molar refractivity (Wildman–Crippen MR) is 106 cm³/mol. The Kier molecular flexibility index (Phi) is 5.30. The molecule has 0 aromatic carbocycles. The van der Waals surface area contributed by atoms with E-state index in [0.29, 0.717) is 6.04 Å². The van der Waals surface area contributed by atoms with Gasteiger partial charge >= 0.3 is 0 Å². The third-order valence-corrected chi connectivity index (χ3v) is 5.95. The number of pyridine rings is 2. The molecule has 2 unspecified atom stereocenters. The molecule has 5 nitrogen and oxygen atoms in total. The van der Waals surface area contributed by atoms with Crippen molar-refractivity contribution in [3.63, 3.8) is 0 Å². The summed E-state index contributed by atoms with van der Waals surface area (Å²) in [6.07, 6.45) is 9.80. The van der Waals surface area contributed by atoms with E-state index in [1.165, 1.54) is 0 Å². The Hall–Kier alpha value is -2.53. The van der Waals surface area contributed by atoms with Crippen LogP contribution in [0.5, 0.6) is 0 Å². The van der Waals surface area contributed by atoms with Crippen LogP contribution in [-0.2, 0) is 4.79 Å². The van der Waals surface area contributed by atoms with Crippen LogP contribution in [-0.4, -0.2) is 40.4 Å². The SMILES string of the molecule is CC(c1ccccn1)N1C[C@@H]2C(CCNC(=O)/C=C/c3cccnc3)[C@@H]2C1. The van der Waals surface area contributed by atoms with Crippen molar-refractivity contribution < 1.29 is 4.79 Å². The maximum absolute atomic E-state index is 11.9. The number of fused-ring (bicyclic) bond motifs is 1. The molecule has 2 aromatic rings. The molecule has 1 N–H and O–H groups in total. The lowest BCUT2D eigenvalue weighted by Crippen LogP contribution is -2.29. The smallest absolute Gasteiger partial charge is 0.244 e. The molecule has 1 saturated heterocycles. The number of aromatic nitrogens is 2. The average molecular weight is 362 g/mol. The number of hydrogen-bond donors (Lipinski definition) is 1. The molecular formula is C22H26N4O. The molecule has 0 radical (unpaired) electrons. The van der Waals surface area contributed by atoms with Gasteiger partial charge < -0.3 is 5.32 Å². The Morgan fingerprint density at radius 3 is 2.81 bits per heavy atom. The maximum Gasteiger partial charge on any atom is 0.244 e. The fourth-order valence-corrected chi connectivity index (χ4v) is 4.30. The Balaban J connectivity index is 1.16. The van der Waals surface area contributed by atoms with Gasteiger partial charge in [-0.2, -0.15) is 0 Å². The molecule has 2 fully saturated rings. The van der Waals surface area contributed by atoms with E-state index in [4.69, 9.17) is 0 Å². The molecule has 5 heteroatoms. The van der Waals surface area contributed by atoms with Crippen molar-refractivity contribution in [3.8, 4) is 0 Å². The van der Waals surface area contributed by atoms with Crippen LogP contribution in [0.15, 0.2) is 55.0 Å². The van der Waals surface area contributed by atoms with Crippen molar-refractivity contribution in [3.05, 3.63) is 66.3 Å². The van der Waals surface area contributed by atoms with E-state index < -0.39 is 0 Å². The summed E-state index contributed by atoms with van der Waals surface area (Å²) in [6.45, 7) is 5.31. The molecule has 27 heavy (non-hydrogen) atoms. The van der Waals surface area contributed by atoms with Crippen LogP contribution in [0.3, 0.4) is 0 Å². The molecule has 1 aliphatic heterocycles. The van der Waals surface area contributed by atoms with Gasteiger partial charge in [-0.05, 0) is 60.9 Å². The van der Waals surface area contributed by atoms with Gasteiger partial charge in [0.2, 0.25) is 5.91 Å². The standard InChI is InChI=1S/C22H26N4O/c1-16(21-6-2-3-11-24-21)26-14-19-18(20(19)15-26)9-12-25-22(27)8-7-17-5-4-10-23-13-17/h2-8,10-11,13,16,18-20H,9,12,14-15H2,1H3,(H,25,27)/b8-7+/t16?,18?,19-,20+. The molecule has 1 aliphatic carbocycles. The van der Waals surface area contributed by atoms with Crippen LogP contribution < -0.4 is 5.32 Å². The van der Waals surface area contributed by atoms with Crippen molar-refractivity contribution in [2.24, 2.45) is 17.8 Å². The number of piperidine rings is 1. The van der Waals surface area contributed by atoms with Crippen molar-refractivity contribution >= 4 is 12.0 Å². The van der Waals surface area contributed by atoms with Gasteiger partial charge in [-0.3, -0.25) is 19.7 Å². The topological polar surface area (TPSA) is 58.1 Å². The number of carbonyl (C=O) groups is 1. The van der Waals surface area contributed by atoms with Crippen LogP contribution in [0.4, 0.5) is 0 Å². The second-order valence-electron chi connectivity index (χ2n) is 7.58. The molecule has 1 amide bonds. The largest absolute Gasteiger partial charge is 0.353 e. The van der Waals surface area contributed by atoms with Gasteiger partial charge in [0.05, 0.1) is 5.69 Å². The molecule has 2 aliphatic rings. The lowest BCUT2D eigenvalue weighted by molar-refractivity contribution is -0.116. The third kappa shape index (κ3) is 4.25. The van der Waals surface area contributed by atoms with Crippen molar-refractivity contribution in [2.45, 2.75) is 19.4 Å². The fourth-order valence-electron chi connectivity index (χ4n) is 4.30. The summed E-state index contributed by atoms with van der Waals surface area (Å²) in [7, 11) is 0.